The summed E-state index contributed by atoms with van der Waals surface area (Å²) in [6, 6.07) is -0.622. The highest BCUT2D eigenvalue weighted by molar-refractivity contribution is 5.88. The van der Waals surface area contributed by atoms with Gasteiger partial charge in [0.05, 0.1) is 12.5 Å². The Hall–Kier alpha value is -2.36. The molecule has 182 valence electrons. The molecule has 0 aromatic heterocycles. The molecule has 1 saturated heterocycles. The molecule has 2 fully saturated rings. The molecule has 2 aliphatic rings. The minimum Gasteiger partial charge on any atom is -0.466 e. The van der Waals surface area contributed by atoms with Gasteiger partial charge in [-0.2, -0.15) is 0 Å². The predicted octanol–water partition coefficient (Wildman–Crippen LogP) is 0.0916. The third-order valence-corrected chi connectivity index (χ3v) is 6.54. The lowest BCUT2D eigenvalue weighted by Gasteiger charge is -2.34. The van der Waals surface area contributed by atoms with Crippen LogP contribution in [-0.4, -0.2) is 67.5 Å². The lowest BCUT2D eigenvalue weighted by atomic mass is 9.81. The molecule has 1 heterocycles. The van der Waals surface area contributed by atoms with Gasteiger partial charge in [-0.1, -0.05) is 0 Å². The third kappa shape index (κ3) is 7.96. The molecule has 1 saturated carbocycles. The number of aliphatic imine (C=N–C) groups is 1. The second kappa shape index (κ2) is 13.2. The number of piperidine rings is 1. The van der Waals surface area contributed by atoms with Gasteiger partial charge < -0.3 is 32.2 Å². The number of likely N-dealkylation sites (tertiary alicyclic amines) is 1. The molecule has 10 heteroatoms. The summed E-state index contributed by atoms with van der Waals surface area (Å²) in [6.07, 6.45) is 5.66. The molecular formula is C22H40N6O4. The van der Waals surface area contributed by atoms with Crippen molar-refractivity contribution in [1.29, 1.82) is 0 Å². The van der Waals surface area contributed by atoms with E-state index in [0.29, 0.717) is 64.4 Å². The van der Waals surface area contributed by atoms with E-state index < -0.39 is 6.04 Å². The number of esters is 1. The normalized spacial score (nSPS) is 22.6. The number of hydrogen-bond donors (Lipinski definition) is 4. The van der Waals surface area contributed by atoms with Crippen LogP contribution in [0.5, 0.6) is 0 Å². The van der Waals surface area contributed by atoms with E-state index in [1.807, 2.05) is 0 Å². The smallest absolute Gasteiger partial charge is 0.309 e. The summed E-state index contributed by atoms with van der Waals surface area (Å²) in [5, 5.41) is 3.00. The van der Waals surface area contributed by atoms with Crippen molar-refractivity contribution in [2.75, 3.05) is 32.8 Å². The first-order valence-electron chi connectivity index (χ1n) is 11.9. The summed E-state index contributed by atoms with van der Waals surface area (Å²) in [5.41, 5.74) is 16.5. The van der Waals surface area contributed by atoms with E-state index >= 15 is 0 Å². The van der Waals surface area contributed by atoms with Crippen LogP contribution in [0.4, 0.5) is 0 Å². The molecule has 0 spiro atoms. The predicted molar refractivity (Wildman–Crippen MR) is 122 cm³/mol. The molecule has 1 aliphatic heterocycles. The highest BCUT2D eigenvalue weighted by atomic mass is 16.5. The molecule has 0 aromatic rings. The Kier molecular flexibility index (Phi) is 10.7. The van der Waals surface area contributed by atoms with Crippen LogP contribution >= 0.6 is 0 Å². The quantitative estimate of drug-likeness (QED) is 0.158. The SMILES string of the molecule is CCOC(=O)C1CCN(C(=O)[C@H](CCCN=C(N)N)NC(=O)C2CCC(CN)CC2)CC1. The number of nitrogens with two attached hydrogens (primary N) is 3. The molecule has 10 nitrogen and oxygen atoms in total. The van der Waals surface area contributed by atoms with Gasteiger partial charge in [-0.05, 0) is 70.8 Å². The summed E-state index contributed by atoms with van der Waals surface area (Å²) in [4.78, 5) is 43.8. The van der Waals surface area contributed by atoms with Crippen molar-refractivity contribution in [3.05, 3.63) is 0 Å². The number of rotatable bonds is 10. The molecule has 0 radical (unpaired) electrons. The van der Waals surface area contributed by atoms with E-state index in [0.717, 1.165) is 25.7 Å². The first kappa shape index (κ1) is 25.9. The molecule has 1 atom stereocenters. The summed E-state index contributed by atoms with van der Waals surface area (Å²) < 4.78 is 5.10. The Morgan fingerprint density at radius 3 is 2.28 bits per heavy atom. The number of ether oxygens (including phenoxy) is 1. The van der Waals surface area contributed by atoms with Crippen molar-refractivity contribution in [1.82, 2.24) is 10.2 Å². The molecule has 32 heavy (non-hydrogen) atoms. The number of guanidine groups is 1. The number of hydrogen-bond acceptors (Lipinski definition) is 6. The topological polar surface area (TPSA) is 166 Å². The van der Waals surface area contributed by atoms with Gasteiger partial charge in [0.15, 0.2) is 5.96 Å². The monoisotopic (exact) mass is 452 g/mol. The van der Waals surface area contributed by atoms with E-state index in [1.54, 1.807) is 11.8 Å². The lowest BCUT2D eigenvalue weighted by Crippen LogP contribution is -2.52. The highest BCUT2D eigenvalue weighted by Gasteiger charge is 2.33. The minimum absolute atomic E-state index is 0.00890. The van der Waals surface area contributed by atoms with Gasteiger partial charge >= 0.3 is 5.97 Å². The van der Waals surface area contributed by atoms with Crippen molar-refractivity contribution < 1.29 is 19.1 Å². The zero-order valence-corrected chi connectivity index (χ0v) is 19.3. The van der Waals surface area contributed by atoms with Crippen molar-refractivity contribution in [3.8, 4) is 0 Å². The van der Waals surface area contributed by atoms with Crippen molar-refractivity contribution in [2.24, 2.45) is 39.9 Å². The van der Waals surface area contributed by atoms with Crippen molar-refractivity contribution >= 4 is 23.7 Å². The molecule has 0 aromatic carbocycles. The van der Waals surface area contributed by atoms with Crippen LogP contribution in [0.15, 0.2) is 4.99 Å². The molecule has 0 bridgehead atoms. The largest absolute Gasteiger partial charge is 0.466 e. The van der Waals surface area contributed by atoms with Gasteiger partial charge in [-0.3, -0.25) is 19.4 Å². The maximum atomic E-state index is 13.2. The first-order chi connectivity index (χ1) is 15.3. The minimum atomic E-state index is -0.622. The Balaban J connectivity index is 1.94. The first-order valence-corrected chi connectivity index (χ1v) is 11.9. The number of amides is 2. The van der Waals surface area contributed by atoms with Crippen LogP contribution in [0.25, 0.3) is 0 Å². The fraction of sp³-hybridized carbons (Fsp3) is 0.818. The zero-order chi connectivity index (χ0) is 23.5. The van der Waals surface area contributed by atoms with Crippen LogP contribution in [0.2, 0.25) is 0 Å². The Morgan fingerprint density at radius 1 is 1.06 bits per heavy atom. The van der Waals surface area contributed by atoms with Crippen LogP contribution in [-0.2, 0) is 19.1 Å². The maximum absolute atomic E-state index is 13.2. The number of nitrogens with zero attached hydrogens (tertiary/aromatic N) is 2. The Labute approximate surface area is 190 Å². The second-order valence-corrected chi connectivity index (χ2v) is 8.81. The van der Waals surface area contributed by atoms with Gasteiger partial charge in [-0.25, -0.2) is 0 Å². The number of nitrogens with one attached hydrogen (secondary N) is 1. The van der Waals surface area contributed by atoms with Gasteiger partial charge in [0.25, 0.3) is 0 Å². The third-order valence-electron chi connectivity index (χ3n) is 6.54. The van der Waals surface area contributed by atoms with Crippen LogP contribution in [0, 0.1) is 17.8 Å². The average Bonchev–Trinajstić information content (AvgIpc) is 2.80. The average molecular weight is 453 g/mol. The molecule has 2 amide bonds. The van der Waals surface area contributed by atoms with E-state index in [9.17, 15) is 14.4 Å². The summed E-state index contributed by atoms with van der Waals surface area (Å²) in [7, 11) is 0. The Morgan fingerprint density at radius 2 is 1.72 bits per heavy atom. The van der Waals surface area contributed by atoms with Crippen LogP contribution in [0.1, 0.15) is 58.3 Å². The summed E-state index contributed by atoms with van der Waals surface area (Å²) in [6.45, 7) is 4.15. The molecule has 1 aliphatic carbocycles. The van der Waals surface area contributed by atoms with Gasteiger partial charge in [-0.15, -0.1) is 0 Å². The molecule has 2 rings (SSSR count). The lowest BCUT2D eigenvalue weighted by molar-refractivity contribution is -0.151. The highest BCUT2D eigenvalue weighted by Crippen LogP contribution is 2.28. The van der Waals surface area contributed by atoms with Gasteiger partial charge in [0, 0.05) is 25.6 Å². The van der Waals surface area contributed by atoms with E-state index in [2.05, 4.69) is 10.3 Å². The molecule has 7 N–H and O–H groups in total. The van der Waals surface area contributed by atoms with Crippen LogP contribution in [0.3, 0.4) is 0 Å². The van der Waals surface area contributed by atoms with Crippen LogP contribution < -0.4 is 22.5 Å². The van der Waals surface area contributed by atoms with E-state index in [4.69, 9.17) is 21.9 Å². The number of carbonyl (C=O) groups excluding carboxylic acids is 3. The molecular weight excluding hydrogens is 412 g/mol. The fourth-order valence-electron chi connectivity index (χ4n) is 4.53. The van der Waals surface area contributed by atoms with Gasteiger partial charge in [0.1, 0.15) is 6.04 Å². The maximum Gasteiger partial charge on any atom is 0.309 e. The van der Waals surface area contributed by atoms with E-state index in [-0.39, 0.29) is 35.6 Å². The zero-order valence-electron chi connectivity index (χ0n) is 19.3. The molecule has 0 unspecified atom stereocenters. The standard InChI is InChI=1S/C22H40N6O4/c1-2-32-21(31)17-9-12-28(13-10-17)20(30)18(4-3-11-26-22(24)25)27-19(29)16-7-5-15(14-23)6-8-16/h15-18H,2-14,23H2,1H3,(H,27,29)(H4,24,25,26)/t15?,16?,18-/m0/s1. The summed E-state index contributed by atoms with van der Waals surface area (Å²) >= 11 is 0. The van der Waals surface area contributed by atoms with Gasteiger partial charge in [0.2, 0.25) is 11.8 Å². The second-order valence-electron chi connectivity index (χ2n) is 8.81. The van der Waals surface area contributed by atoms with Crippen molar-refractivity contribution in [3.63, 3.8) is 0 Å². The van der Waals surface area contributed by atoms with Crippen molar-refractivity contribution in [2.45, 2.75) is 64.3 Å². The van der Waals surface area contributed by atoms with E-state index in [1.165, 1.54) is 0 Å². The summed E-state index contributed by atoms with van der Waals surface area (Å²) in [5.74, 6) is -0.142. The Bertz CT molecular complexity index is 651. The number of carbonyl (C=O) groups is 3. The fourth-order valence-corrected chi connectivity index (χ4v) is 4.53.